The lowest BCUT2D eigenvalue weighted by Crippen LogP contribution is -2.71. The molecule has 0 aromatic heterocycles. The van der Waals surface area contributed by atoms with E-state index in [1.54, 1.807) is 38.1 Å². The highest BCUT2D eigenvalue weighted by Gasteiger charge is 2.64. The van der Waals surface area contributed by atoms with Crippen LogP contribution in [0.3, 0.4) is 0 Å². The molecule has 1 aromatic rings. The van der Waals surface area contributed by atoms with Crippen molar-refractivity contribution in [2.45, 2.75) is 42.1 Å². The van der Waals surface area contributed by atoms with Crippen LogP contribution in [0.2, 0.25) is 0 Å². The van der Waals surface area contributed by atoms with E-state index in [0.29, 0.717) is 5.56 Å². The van der Waals surface area contributed by atoms with Crippen molar-refractivity contribution < 1.29 is 24.6 Å². The average molecular weight is 379 g/mol. The number of nitrogens with zero attached hydrogens (tertiary/aromatic N) is 1. The highest BCUT2D eigenvalue weighted by molar-refractivity contribution is 8.01. The van der Waals surface area contributed by atoms with Gasteiger partial charge in [-0.15, -0.1) is 11.8 Å². The number of aliphatic carboxylic acids is 1. The first kappa shape index (κ1) is 18.7. The SMILES string of the molecule is CC1(C)S[C@@H]2[C@H](NC(=O)C(NCO)c3ccccc3)C(=O)N2[C@H]1C(=O)O. The molecular weight excluding hydrogens is 358 g/mol. The van der Waals surface area contributed by atoms with Crippen LogP contribution in [-0.2, 0) is 14.4 Å². The molecule has 1 aromatic carbocycles. The Morgan fingerprint density at radius 3 is 2.54 bits per heavy atom. The van der Waals surface area contributed by atoms with E-state index in [1.807, 2.05) is 6.07 Å². The molecule has 3 rings (SSSR count). The van der Waals surface area contributed by atoms with Crippen molar-refractivity contribution in [3.63, 3.8) is 0 Å². The minimum atomic E-state index is -1.05. The monoisotopic (exact) mass is 379 g/mol. The largest absolute Gasteiger partial charge is 0.480 e. The zero-order valence-corrected chi connectivity index (χ0v) is 15.2. The summed E-state index contributed by atoms with van der Waals surface area (Å²) in [6.07, 6.45) is 0. The van der Waals surface area contributed by atoms with Crippen LogP contribution in [0.1, 0.15) is 25.5 Å². The van der Waals surface area contributed by atoms with Gasteiger partial charge in [0.1, 0.15) is 23.5 Å². The molecule has 4 atom stereocenters. The number of rotatable bonds is 6. The first-order valence-corrected chi connectivity index (χ1v) is 9.08. The summed E-state index contributed by atoms with van der Waals surface area (Å²) < 4.78 is -0.645. The van der Waals surface area contributed by atoms with E-state index >= 15 is 0 Å². The van der Waals surface area contributed by atoms with E-state index in [0.717, 1.165) is 0 Å². The molecule has 140 valence electrons. The van der Waals surface area contributed by atoms with Crippen molar-refractivity contribution in [2.24, 2.45) is 0 Å². The summed E-state index contributed by atoms with van der Waals surface area (Å²) in [6.45, 7) is 3.16. The minimum absolute atomic E-state index is 0.398. The van der Waals surface area contributed by atoms with Crippen LogP contribution in [0.15, 0.2) is 30.3 Å². The predicted octanol–water partition coefficient (Wildman–Crippen LogP) is -0.101. The Morgan fingerprint density at radius 2 is 1.96 bits per heavy atom. The molecule has 2 fully saturated rings. The van der Waals surface area contributed by atoms with Gasteiger partial charge in [-0.2, -0.15) is 0 Å². The molecule has 2 aliphatic rings. The summed E-state index contributed by atoms with van der Waals surface area (Å²) in [4.78, 5) is 38.0. The van der Waals surface area contributed by atoms with Crippen LogP contribution in [0.4, 0.5) is 0 Å². The molecular formula is C17H21N3O5S. The van der Waals surface area contributed by atoms with Gasteiger partial charge in [-0.1, -0.05) is 30.3 Å². The Morgan fingerprint density at radius 1 is 1.31 bits per heavy atom. The zero-order valence-electron chi connectivity index (χ0n) is 14.4. The number of aliphatic hydroxyl groups excluding tert-OH is 1. The van der Waals surface area contributed by atoms with Gasteiger partial charge in [-0.3, -0.25) is 14.9 Å². The van der Waals surface area contributed by atoms with Crippen LogP contribution >= 0.6 is 11.8 Å². The number of fused-ring (bicyclic) bond motifs is 1. The number of carboxylic acids is 1. The molecule has 0 spiro atoms. The molecule has 9 heteroatoms. The number of hydrogen-bond donors (Lipinski definition) is 4. The van der Waals surface area contributed by atoms with Gasteiger partial charge in [-0.25, -0.2) is 4.79 Å². The first-order chi connectivity index (χ1) is 12.3. The Bertz CT molecular complexity index is 726. The summed E-state index contributed by atoms with van der Waals surface area (Å²) in [7, 11) is 0. The number of amides is 2. The van der Waals surface area contributed by atoms with Crippen LogP contribution in [0.5, 0.6) is 0 Å². The van der Waals surface area contributed by atoms with Gasteiger partial charge in [0, 0.05) is 4.75 Å². The molecule has 26 heavy (non-hydrogen) atoms. The second-order valence-electron chi connectivity index (χ2n) is 6.79. The van der Waals surface area contributed by atoms with Gasteiger partial charge in [0.2, 0.25) is 11.8 Å². The van der Waals surface area contributed by atoms with Gasteiger partial charge >= 0.3 is 5.97 Å². The van der Waals surface area contributed by atoms with Crippen molar-refractivity contribution >= 4 is 29.5 Å². The van der Waals surface area contributed by atoms with Gasteiger partial charge in [-0.05, 0) is 19.4 Å². The van der Waals surface area contributed by atoms with Crippen molar-refractivity contribution in [1.82, 2.24) is 15.5 Å². The van der Waals surface area contributed by atoms with E-state index in [9.17, 15) is 24.6 Å². The molecule has 0 radical (unpaired) electrons. The minimum Gasteiger partial charge on any atom is -0.480 e. The lowest BCUT2D eigenvalue weighted by Gasteiger charge is -2.44. The summed E-state index contributed by atoms with van der Waals surface area (Å²) in [6, 6.07) is 6.36. The number of hydrogen-bond acceptors (Lipinski definition) is 6. The lowest BCUT2D eigenvalue weighted by atomic mass is 9.95. The van der Waals surface area contributed by atoms with E-state index in [-0.39, 0.29) is 0 Å². The van der Waals surface area contributed by atoms with Crippen LogP contribution in [0, 0.1) is 0 Å². The van der Waals surface area contributed by atoms with E-state index in [4.69, 9.17) is 0 Å². The first-order valence-electron chi connectivity index (χ1n) is 8.20. The number of carbonyl (C=O) groups excluding carboxylic acids is 2. The van der Waals surface area contributed by atoms with Crippen LogP contribution < -0.4 is 10.6 Å². The highest BCUT2D eigenvalue weighted by Crippen LogP contribution is 2.50. The lowest BCUT2D eigenvalue weighted by molar-refractivity contribution is -0.161. The maximum atomic E-state index is 12.7. The zero-order chi connectivity index (χ0) is 19.1. The Hall–Kier alpha value is -2.10. The quantitative estimate of drug-likeness (QED) is 0.402. The fraction of sp³-hybridized carbons (Fsp3) is 0.471. The third kappa shape index (κ3) is 3.06. The number of aliphatic hydroxyl groups is 1. The predicted molar refractivity (Wildman–Crippen MR) is 95.1 cm³/mol. The molecule has 0 aliphatic carbocycles. The molecule has 2 amide bonds. The van der Waals surface area contributed by atoms with Gasteiger partial charge in [0.25, 0.3) is 0 Å². The van der Waals surface area contributed by atoms with Gasteiger partial charge in [0.05, 0.1) is 6.73 Å². The number of thioether (sulfide) groups is 1. The number of β-lactam (4-membered cyclic amide) rings is 1. The fourth-order valence-electron chi connectivity index (χ4n) is 3.48. The number of nitrogens with one attached hydrogen (secondary N) is 2. The average Bonchev–Trinajstić information content (AvgIpc) is 2.86. The summed E-state index contributed by atoms with van der Waals surface area (Å²) in [5.41, 5.74) is 0.658. The topological polar surface area (TPSA) is 119 Å². The maximum absolute atomic E-state index is 12.7. The summed E-state index contributed by atoms with van der Waals surface area (Å²) in [5.74, 6) is -1.89. The van der Waals surface area contributed by atoms with Crippen molar-refractivity contribution in [3.8, 4) is 0 Å². The van der Waals surface area contributed by atoms with E-state index in [1.165, 1.54) is 16.7 Å². The highest BCUT2D eigenvalue weighted by atomic mass is 32.2. The molecule has 1 unspecified atom stereocenters. The van der Waals surface area contributed by atoms with Gasteiger partial charge in [0.15, 0.2) is 0 Å². The normalized spacial score (nSPS) is 27.4. The molecule has 8 nitrogen and oxygen atoms in total. The fourth-order valence-corrected chi connectivity index (χ4v) is 5.11. The summed E-state index contributed by atoms with van der Waals surface area (Å²) in [5, 5.41) is 23.6. The smallest absolute Gasteiger partial charge is 0.327 e. The molecule has 4 N–H and O–H groups in total. The van der Waals surface area contributed by atoms with Gasteiger partial charge < -0.3 is 20.4 Å². The van der Waals surface area contributed by atoms with E-state index in [2.05, 4.69) is 10.6 Å². The number of carboxylic acid groups (broad SMARTS) is 1. The Kier molecular flexibility index (Phi) is 4.96. The van der Waals surface area contributed by atoms with Crippen molar-refractivity contribution in [1.29, 1.82) is 0 Å². The Labute approximate surface area is 154 Å². The molecule has 0 bridgehead atoms. The molecule has 0 saturated carbocycles. The van der Waals surface area contributed by atoms with Crippen LogP contribution in [-0.4, -0.2) is 61.8 Å². The second kappa shape index (κ2) is 6.90. The van der Waals surface area contributed by atoms with Crippen molar-refractivity contribution in [2.75, 3.05) is 6.73 Å². The summed E-state index contributed by atoms with van der Waals surface area (Å²) >= 11 is 1.37. The third-order valence-corrected chi connectivity index (χ3v) is 6.23. The van der Waals surface area contributed by atoms with E-state index < -0.39 is 52.8 Å². The van der Waals surface area contributed by atoms with Crippen molar-refractivity contribution in [3.05, 3.63) is 35.9 Å². The number of carbonyl (C=O) groups is 3. The number of benzene rings is 1. The Balaban J connectivity index is 1.74. The second-order valence-corrected chi connectivity index (χ2v) is 8.56. The maximum Gasteiger partial charge on any atom is 0.327 e. The van der Waals surface area contributed by atoms with Crippen LogP contribution in [0.25, 0.3) is 0 Å². The standard InChI is InChI=1S/C17H21N3O5S/c1-17(2)12(16(24)25)20-14(23)11(15(20)26-17)19-13(22)10(18-8-21)9-6-4-3-5-7-9/h3-7,10-12,15,18,21H,8H2,1-2H3,(H,19,22)(H,24,25)/t10?,11-,12+,15-/m1/s1. The molecule has 2 heterocycles. The molecule has 2 aliphatic heterocycles. The third-order valence-electron chi connectivity index (χ3n) is 4.66. The molecule has 2 saturated heterocycles.